The second-order valence-electron chi connectivity index (χ2n) is 2.61. The van der Waals surface area contributed by atoms with Gasteiger partial charge in [0.2, 0.25) is 5.75 Å². The summed E-state index contributed by atoms with van der Waals surface area (Å²) in [6.45, 7) is 0. The summed E-state index contributed by atoms with van der Waals surface area (Å²) in [6, 6.07) is 3.46. The van der Waals surface area contributed by atoms with Gasteiger partial charge >= 0.3 is 0 Å². The molecule has 80 valence electrons. The minimum absolute atomic E-state index is 0.233. The van der Waals surface area contributed by atoms with E-state index in [2.05, 4.69) is 0 Å². The lowest BCUT2D eigenvalue weighted by atomic mass is 10.2. The van der Waals surface area contributed by atoms with Crippen LogP contribution in [-0.4, -0.2) is 21.3 Å². The smallest absolute Gasteiger partial charge is 0.204 e. The maximum Gasteiger partial charge on any atom is 0.204 e. The van der Waals surface area contributed by atoms with Crippen LogP contribution in [-0.2, 0) is 0 Å². The van der Waals surface area contributed by atoms with Crippen molar-refractivity contribution in [2.45, 2.75) is 0 Å². The molecule has 5 heteroatoms. The number of hydrogen-bond donors (Lipinski definition) is 0. The standard InChI is InChI=1S/C10H10ClNO3/c1-13-8-4-7(11)6(5-12)9(14-2)10(8)15-3/h4H,1-3H3. The monoisotopic (exact) mass is 227 g/mol. The Bertz CT molecular complexity index is 412. The third-order valence-corrected chi connectivity index (χ3v) is 2.19. The van der Waals surface area contributed by atoms with Gasteiger partial charge in [-0.1, -0.05) is 11.6 Å². The number of benzene rings is 1. The number of nitrogens with zero attached hydrogens (tertiary/aromatic N) is 1. The van der Waals surface area contributed by atoms with Crippen LogP contribution in [0.2, 0.25) is 5.02 Å². The van der Waals surface area contributed by atoms with Crippen molar-refractivity contribution in [2.24, 2.45) is 0 Å². The Hall–Kier alpha value is -1.60. The van der Waals surface area contributed by atoms with Crippen molar-refractivity contribution in [3.63, 3.8) is 0 Å². The maximum atomic E-state index is 8.90. The van der Waals surface area contributed by atoms with E-state index in [-0.39, 0.29) is 16.3 Å². The molecule has 0 amide bonds. The Labute approximate surface area is 92.9 Å². The second-order valence-corrected chi connectivity index (χ2v) is 3.02. The third-order valence-electron chi connectivity index (χ3n) is 1.89. The normalized spacial score (nSPS) is 9.27. The molecule has 0 N–H and O–H groups in total. The van der Waals surface area contributed by atoms with Gasteiger partial charge in [0, 0.05) is 6.07 Å². The number of nitriles is 1. The van der Waals surface area contributed by atoms with E-state index in [1.54, 1.807) is 0 Å². The first kappa shape index (κ1) is 11.5. The molecule has 0 aliphatic carbocycles. The molecule has 0 fully saturated rings. The lowest BCUT2D eigenvalue weighted by molar-refractivity contribution is 0.324. The minimum Gasteiger partial charge on any atom is -0.493 e. The highest BCUT2D eigenvalue weighted by atomic mass is 35.5. The Morgan fingerprint density at radius 3 is 2.13 bits per heavy atom. The Balaban J connectivity index is 3.53. The molecule has 0 aliphatic heterocycles. The summed E-state index contributed by atoms with van der Waals surface area (Å²) in [5, 5.41) is 9.17. The summed E-state index contributed by atoms with van der Waals surface area (Å²) in [5.41, 5.74) is 0.233. The largest absolute Gasteiger partial charge is 0.493 e. The molecule has 1 aromatic carbocycles. The average Bonchev–Trinajstić information content (AvgIpc) is 2.27. The maximum absolute atomic E-state index is 8.90. The van der Waals surface area contributed by atoms with Gasteiger partial charge in [-0.15, -0.1) is 0 Å². The highest BCUT2D eigenvalue weighted by Gasteiger charge is 2.19. The summed E-state index contributed by atoms with van der Waals surface area (Å²) in [5.74, 6) is 1.07. The van der Waals surface area contributed by atoms with Gasteiger partial charge in [0.05, 0.1) is 26.4 Å². The van der Waals surface area contributed by atoms with Crippen molar-refractivity contribution < 1.29 is 14.2 Å². The fourth-order valence-corrected chi connectivity index (χ4v) is 1.46. The molecule has 4 nitrogen and oxygen atoms in total. The van der Waals surface area contributed by atoms with Crippen molar-refractivity contribution in [3.8, 4) is 23.3 Å². The fraction of sp³-hybridized carbons (Fsp3) is 0.300. The van der Waals surface area contributed by atoms with Crippen LogP contribution in [0.3, 0.4) is 0 Å². The van der Waals surface area contributed by atoms with Crippen molar-refractivity contribution in [1.82, 2.24) is 0 Å². The lowest BCUT2D eigenvalue weighted by Gasteiger charge is -2.13. The van der Waals surface area contributed by atoms with E-state index in [1.165, 1.54) is 27.4 Å². The van der Waals surface area contributed by atoms with E-state index in [0.717, 1.165) is 0 Å². The SMILES string of the molecule is COc1cc(Cl)c(C#N)c(OC)c1OC. The zero-order valence-electron chi connectivity index (χ0n) is 8.63. The van der Waals surface area contributed by atoms with Gasteiger partial charge in [0.25, 0.3) is 0 Å². The number of methoxy groups -OCH3 is 3. The number of rotatable bonds is 3. The van der Waals surface area contributed by atoms with E-state index < -0.39 is 0 Å². The van der Waals surface area contributed by atoms with Crippen molar-refractivity contribution in [3.05, 3.63) is 16.7 Å². The van der Waals surface area contributed by atoms with Crippen LogP contribution in [0.4, 0.5) is 0 Å². The first-order valence-corrected chi connectivity index (χ1v) is 4.46. The molecule has 0 heterocycles. The van der Waals surface area contributed by atoms with Crippen LogP contribution in [0.25, 0.3) is 0 Å². The van der Waals surface area contributed by atoms with Crippen LogP contribution in [0.5, 0.6) is 17.2 Å². The molecule has 1 aromatic rings. The molecule has 15 heavy (non-hydrogen) atoms. The highest BCUT2D eigenvalue weighted by molar-refractivity contribution is 6.32. The number of halogens is 1. The molecule has 0 bridgehead atoms. The molecule has 0 radical (unpaired) electrons. The molecule has 1 rings (SSSR count). The fourth-order valence-electron chi connectivity index (χ4n) is 1.23. The lowest BCUT2D eigenvalue weighted by Crippen LogP contribution is -1.97. The highest BCUT2D eigenvalue weighted by Crippen LogP contribution is 2.43. The van der Waals surface area contributed by atoms with Gasteiger partial charge in [-0.25, -0.2) is 0 Å². The van der Waals surface area contributed by atoms with Crippen LogP contribution in [0, 0.1) is 11.3 Å². The number of ether oxygens (including phenoxy) is 3. The van der Waals surface area contributed by atoms with E-state index in [1.807, 2.05) is 6.07 Å². The van der Waals surface area contributed by atoms with Crippen LogP contribution >= 0.6 is 11.6 Å². The van der Waals surface area contributed by atoms with Crippen LogP contribution in [0.15, 0.2) is 6.07 Å². The molecule has 0 unspecified atom stereocenters. The van der Waals surface area contributed by atoms with E-state index in [4.69, 9.17) is 31.1 Å². The van der Waals surface area contributed by atoms with Gasteiger partial charge in [0.1, 0.15) is 11.6 Å². The van der Waals surface area contributed by atoms with Gasteiger partial charge < -0.3 is 14.2 Å². The molecular formula is C10H10ClNO3. The van der Waals surface area contributed by atoms with Crippen LogP contribution in [0.1, 0.15) is 5.56 Å². The topological polar surface area (TPSA) is 51.5 Å². The Kier molecular flexibility index (Phi) is 3.64. The molecule has 0 saturated heterocycles. The predicted molar refractivity (Wildman–Crippen MR) is 55.8 cm³/mol. The molecule has 0 saturated carbocycles. The zero-order valence-corrected chi connectivity index (χ0v) is 9.38. The Morgan fingerprint density at radius 1 is 1.13 bits per heavy atom. The van der Waals surface area contributed by atoms with E-state index in [9.17, 15) is 0 Å². The predicted octanol–water partition coefficient (Wildman–Crippen LogP) is 2.24. The molecular weight excluding hydrogens is 218 g/mol. The molecule has 0 spiro atoms. The zero-order chi connectivity index (χ0) is 11.4. The van der Waals surface area contributed by atoms with Gasteiger partial charge in [-0.05, 0) is 0 Å². The van der Waals surface area contributed by atoms with Gasteiger partial charge in [0.15, 0.2) is 11.5 Å². The van der Waals surface area contributed by atoms with E-state index in [0.29, 0.717) is 11.5 Å². The molecule has 0 aliphatic rings. The number of hydrogen-bond acceptors (Lipinski definition) is 4. The molecule has 0 aromatic heterocycles. The van der Waals surface area contributed by atoms with Gasteiger partial charge in [-0.3, -0.25) is 0 Å². The summed E-state index contributed by atoms with van der Waals surface area (Å²) < 4.78 is 15.2. The average molecular weight is 228 g/mol. The molecule has 0 atom stereocenters. The first-order chi connectivity index (χ1) is 7.19. The quantitative estimate of drug-likeness (QED) is 0.795. The van der Waals surface area contributed by atoms with Crippen molar-refractivity contribution in [1.29, 1.82) is 5.26 Å². The summed E-state index contributed by atoms with van der Waals surface area (Å²) in [6.07, 6.45) is 0. The minimum atomic E-state index is 0.233. The summed E-state index contributed by atoms with van der Waals surface area (Å²) in [7, 11) is 4.39. The second kappa shape index (κ2) is 4.76. The Morgan fingerprint density at radius 2 is 1.73 bits per heavy atom. The van der Waals surface area contributed by atoms with E-state index >= 15 is 0 Å². The van der Waals surface area contributed by atoms with Gasteiger partial charge in [-0.2, -0.15) is 5.26 Å². The third kappa shape index (κ3) is 1.92. The first-order valence-electron chi connectivity index (χ1n) is 4.08. The summed E-state index contributed by atoms with van der Waals surface area (Å²) >= 11 is 5.88. The summed E-state index contributed by atoms with van der Waals surface area (Å²) in [4.78, 5) is 0. The van der Waals surface area contributed by atoms with Crippen molar-refractivity contribution in [2.75, 3.05) is 21.3 Å². The van der Waals surface area contributed by atoms with Crippen LogP contribution < -0.4 is 14.2 Å². The van der Waals surface area contributed by atoms with Crippen molar-refractivity contribution >= 4 is 11.6 Å².